The first-order valence-electron chi connectivity index (χ1n) is 5.35. The number of nitrogens with one attached hydrogen (secondary N) is 1. The van der Waals surface area contributed by atoms with Crippen molar-refractivity contribution in [3.05, 3.63) is 36.0 Å². The largest absolute Gasteiger partial charge is 0.524 e. The number of benzene rings is 1. The molecule has 1 heterocycles. The lowest BCUT2D eigenvalue weighted by molar-refractivity contribution is -0.689. The Labute approximate surface area is 95.3 Å². The van der Waals surface area contributed by atoms with Crippen molar-refractivity contribution in [3.8, 4) is 0 Å². The molecule has 84 valence electrons. The molecule has 1 unspecified atom stereocenters. The van der Waals surface area contributed by atoms with Gasteiger partial charge in [-0.15, -0.1) is 0 Å². The van der Waals surface area contributed by atoms with Gasteiger partial charge in [-0.25, -0.2) is 0 Å². The maximum atomic E-state index is 11.9. The summed E-state index contributed by atoms with van der Waals surface area (Å²) in [6.07, 6.45) is 3.50. The third-order valence-corrected chi connectivity index (χ3v) is 2.30. The van der Waals surface area contributed by atoms with Gasteiger partial charge >= 0.3 is 6.09 Å². The average molecular weight is 218 g/mol. The Hall–Kier alpha value is -1.61. The molecule has 3 heteroatoms. The maximum Gasteiger partial charge on any atom is 0.524 e. The van der Waals surface area contributed by atoms with Crippen molar-refractivity contribution >= 4 is 17.9 Å². The number of hydrogen-bond donors (Lipinski definition) is 1. The monoisotopic (exact) mass is 218 g/mol. The van der Waals surface area contributed by atoms with Crippen LogP contribution < -0.4 is 4.90 Å². The normalized spacial score (nSPS) is 18.3. The summed E-state index contributed by atoms with van der Waals surface area (Å²) < 4.78 is 5.35. The van der Waals surface area contributed by atoms with Crippen LogP contribution in [0, 0.1) is 0 Å². The summed E-state index contributed by atoms with van der Waals surface area (Å²) in [5.41, 5.74) is 1.58. The van der Waals surface area contributed by atoms with Crippen molar-refractivity contribution in [2.24, 2.45) is 0 Å². The second-order valence-electron chi connectivity index (χ2n) is 4.84. The third kappa shape index (κ3) is 2.14. The fraction of sp³-hybridized carbons (Fsp3) is 0.308. The van der Waals surface area contributed by atoms with E-state index in [1.54, 1.807) is 0 Å². The topological polar surface area (TPSA) is 30.7 Å². The number of carbonyl (C=O) groups excluding carboxylic acids is 1. The summed E-state index contributed by atoms with van der Waals surface area (Å²) in [6, 6.07) is 7.81. The molecule has 0 saturated heterocycles. The Morgan fingerprint density at radius 3 is 2.62 bits per heavy atom. The van der Waals surface area contributed by atoms with Crippen molar-refractivity contribution < 1.29 is 14.4 Å². The van der Waals surface area contributed by atoms with Gasteiger partial charge in [0.2, 0.25) is 0 Å². The molecule has 0 aromatic heterocycles. The van der Waals surface area contributed by atoms with Crippen LogP contribution in [0.1, 0.15) is 26.3 Å². The molecule has 0 spiro atoms. The van der Waals surface area contributed by atoms with Crippen LogP contribution >= 0.6 is 0 Å². The fourth-order valence-electron chi connectivity index (χ4n) is 1.66. The highest BCUT2D eigenvalue weighted by atomic mass is 16.6. The SMILES string of the molecule is CC(C)(C)OC(=O)[NH+]1C=Cc2ccccc21. The van der Waals surface area contributed by atoms with Crippen molar-refractivity contribution in [1.82, 2.24) is 0 Å². The fourth-order valence-corrected chi connectivity index (χ4v) is 1.66. The molecule has 2 rings (SSSR count). The lowest BCUT2D eigenvalue weighted by Gasteiger charge is -2.19. The zero-order chi connectivity index (χ0) is 11.8. The summed E-state index contributed by atoms with van der Waals surface area (Å²) in [5.74, 6) is 0. The minimum Gasteiger partial charge on any atom is -0.414 e. The van der Waals surface area contributed by atoms with Crippen LogP contribution in [0.4, 0.5) is 10.5 Å². The van der Waals surface area contributed by atoms with Crippen LogP contribution in [0.25, 0.3) is 6.08 Å². The van der Waals surface area contributed by atoms with Crippen molar-refractivity contribution in [1.29, 1.82) is 0 Å². The Morgan fingerprint density at radius 2 is 1.94 bits per heavy atom. The van der Waals surface area contributed by atoms with Gasteiger partial charge in [0.05, 0.1) is 0 Å². The highest BCUT2D eigenvalue weighted by molar-refractivity contribution is 5.72. The molecule has 0 aliphatic carbocycles. The number of para-hydroxylation sites is 1. The molecular weight excluding hydrogens is 202 g/mol. The molecule has 1 aromatic carbocycles. The first-order valence-corrected chi connectivity index (χ1v) is 5.35. The van der Waals surface area contributed by atoms with Gasteiger partial charge in [0.25, 0.3) is 0 Å². The van der Waals surface area contributed by atoms with E-state index < -0.39 is 5.60 Å². The van der Waals surface area contributed by atoms with E-state index in [1.807, 2.05) is 57.3 Å². The Kier molecular flexibility index (Phi) is 2.56. The second kappa shape index (κ2) is 3.76. The van der Waals surface area contributed by atoms with Gasteiger partial charge < -0.3 is 4.74 Å². The van der Waals surface area contributed by atoms with Crippen LogP contribution in [0.15, 0.2) is 30.5 Å². The van der Waals surface area contributed by atoms with E-state index in [0.717, 1.165) is 11.3 Å². The molecule has 1 aliphatic heterocycles. The molecule has 0 saturated carbocycles. The summed E-state index contributed by atoms with van der Waals surface area (Å²) >= 11 is 0. The maximum absolute atomic E-state index is 11.9. The van der Waals surface area contributed by atoms with Crippen LogP contribution in [0.2, 0.25) is 0 Å². The molecule has 3 nitrogen and oxygen atoms in total. The average Bonchev–Trinajstić information content (AvgIpc) is 2.58. The summed E-state index contributed by atoms with van der Waals surface area (Å²) in [5, 5.41) is 0. The van der Waals surface area contributed by atoms with Gasteiger partial charge in [-0.3, -0.25) is 0 Å². The van der Waals surface area contributed by atoms with E-state index in [-0.39, 0.29) is 6.09 Å². The van der Waals surface area contributed by atoms with E-state index in [4.69, 9.17) is 4.74 Å². The van der Waals surface area contributed by atoms with Gasteiger partial charge in [-0.05, 0) is 26.8 Å². The van der Waals surface area contributed by atoms with Gasteiger partial charge in [0.1, 0.15) is 11.8 Å². The molecule has 16 heavy (non-hydrogen) atoms. The highest BCUT2D eigenvalue weighted by Gasteiger charge is 2.31. The number of hydrogen-bond acceptors (Lipinski definition) is 2. The predicted octanol–water partition coefficient (Wildman–Crippen LogP) is 2.12. The minimum atomic E-state index is -0.449. The first kappa shape index (κ1) is 10.9. The third-order valence-electron chi connectivity index (χ3n) is 2.30. The van der Waals surface area contributed by atoms with Gasteiger partial charge in [0.15, 0.2) is 5.69 Å². The Bertz CT molecular complexity index is 443. The Morgan fingerprint density at radius 1 is 1.25 bits per heavy atom. The molecule has 1 atom stereocenters. The van der Waals surface area contributed by atoms with Crippen LogP contribution in [-0.2, 0) is 4.74 Å². The molecule has 0 radical (unpaired) electrons. The summed E-state index contributed by atoms with van der Waals surface area (Å²) in [4.78, 5) is 12.6. The zero-order valence-electron chi connectivity index (χ0n) is 9.78. The van der Waals surface area contributed by atoms with Crippen molar-refractivity contribution in [3.63, 3.8) is 0 Å². The van der Waals surface area contributed by atoms with Crippen molar-refractivity contribution in [2.75, 3.05) is 0 Å². The van der Waals surface area contributed by atoms with Crippen LogP contribution in [0.5, 0.6) is 0 Å². The number of alkyl carbamates (subject to hydrolysis) is 1. The summed E-state index contributed by atoms with van der Waals surface area (Å²) in [7, 11) is 0. The molecule has 1 aliphatic rings. The molecule has 1 N–H and O–H groups in total. The number of fused-ring (bicyclic) bond motifs is 1. The smallest absolute Gasteiger partial charge is 0.414 e. The van der Waals surface area contributed by atoms with E-state index in [2.05, 4.69) is 0 Å². The Balaban J connectivity index is 2.20. The van der Waals surface area contributed by atoms with Crippen LogP contribution in [-0.4, -0.2) is 11.7 Å². The predicted molar refractivity (Wildman–Crippen MR) is 62.3 cm³/mol. The molecule has 1 aromatic rings. The van der Waals surface area contributed by atoms with E-state index >= 15 is 0 Å². The number of ether oxygens (including phenoxy) is 1. The van der Waals surface area contributed by atoms with Crippen LogP contribution in [0.3, 0.4) is 0 Å². The molecule has 0 bridgehead atoms. The van der Waals surface area contributed by atoms with E-state index in [1.165, 1.54) is 0 Å². The summed E-state index contributed by atoms with van der Waals surface area (Å²) in [6.45, 7) is 5.61. The highest BCUT2D eigenvalue weighted by Crippen LogP contribution is 2.17. The number of carbonyl (C=O) groups is 1. The molecule has 0 fully saturated rings. The zero-order valence-corrected chi connectivity index (χ0v) is 9.78. The first-order chi connectivity index (χ1) is 7.47. The standard InChI is InChI=1S/C13H15NO2/c1-13(2,3)16-12(15)14-9-8-10-6-4-5-7-11(10)14/h4-9H,1-3H3/p+1. The number of amides is 1. The number of quaternary nitrogens is 1. The molecule has 1 amide bonds. The quantitative estimate of drug-likeness (QED) is 0.723. The lowest BCUT2D eigenvalue weighted by atomic mass is 10.2. The second-order valence-corrected chi connectivity index (χ2v) is 4.84. The van der Waals surface area contributed by atoms with Crippen molar-refractivity contribution in [2.45, 2.75) is 26.4 Å². The van der Waals surface area contributed by atoms with Gasteiger partial charge in [-0.1, -0.05) is 12.1 Å². The van der Waals surface area contributed by atoms with E-state index in [0.29, 0.717) is 4.90 Å². The lowest BCUT2D eigenvalue weighted by Crippen LogP contribution is -3.05. The minimum absolute atomic E-state index is 0.256. The molecular formula is C13H16NO2+. The van der Waals surface area contributed by atoms with Gasteiger partial charge in [0, 0.05) is 17.7 Å². The number of rotatable bonds is 0. The van der Waals surface area contributed by atoms with Gasteiger partial charge in [-0.2, -0.15) is 9.69 Å². The van der Waals surface area contributed by atoms with E-state index in [9.17, 15) is 4.79 Å².